The molecule has 5 nitrogen and oxygen atoms in total. The highest BCUT2D eigenvalue weighted by molar-refractivity contribution is 4.97. The number of nitrogens with two attached hydrogens (primary N) is 1. The quantitative estimate of drug-likeness (QED) is 0.877. The van der Waals surface area contributed by atoms with Crippen molar-refractivity contribution in [2.45, 2.75) is 46.2 Å². The van der Waals surface area contributed by atoms with E-state index in [-0.39, 0.29) is 11.0 Å². The Balaban J connectivity index is 1.97. The van der Waals surface area contributed by atoms with Crippen molar-refractivity contribution in [3.63, 3.8) is 0 Å². The molecule has 0 spiro atoms. The van der Waals surface area contributed by atoms with Gasteiger partial charge in [-0.3, -0.25) is 4.90 Å². The van der Waals surface area contributed by atoms with Crippen LogP contribution in [0.25, 0.3) is 0 Å². The molecule has 5 heteroatoms. The molecule has 1 aromatic heterocycles. The lowest BCUT2D eigenvalue weighted by atomic mass is 9.90. The van der Waals surface area contributed by atoms with Crippen LogP contribution in [0.3, 0.4) is 0 Å². The Morgan fingerprint density at radius 1 is 1.44 bits per heavy atom. The molecule has 1 unspecified atom stereocenters. The Bertz CT molecular complexity index is 406. The maximum Gasteiger partial charge on any atom is 0.0967 e. The zero-order chi connectivity index (χ0) is 13.4. The van der Waals surface area contributed by atoms with Gasteiger partial charge in [0.15, 0.2) is 0 Å². The van der Waals surface area contributed by atoms with Gasteiger partial charge in [-0.25, -0.2) is 4.68 Å². The average molecular weight is 251 g/mol. The van der Waals surface area contributed by atoms with Crippen molar-refractivity contribution in [3.05, 3.63) is 11.9 Å². The van der Waals surface area contributed by atoms with Gasteiger partial charge < -0.3 is 5.73 Å². The number of likely N-dealkylation sites (tertiary alicyclic amines) is 1. The molecule has 18 heavy (non-hydrogen) atoms. The molecule has 0 aliphatic carbocycles. The minimum atomic E-state index is 0.00202. The Morgan fingerprint density at radius 3 is 2.67 bits per heavy atom. The van der Waals surface area contributed by atoms with Crippen molar-refractivity contribution in [3.8, 4) is 0 Å². The Morgan fingerprint density at radius 2 is 2.17 bits per heavy atom. The highest BCUT2D eigenvalue weighted by Gasteiger charge is 2.32. The molecular formula is C13H25N5. The van der Waals surface area contributed by atoms with Crippen LogP contribution >= 0.6 is 0 Å². The van der Waals surface area contributed by atoms with E-state index >= 15 is 0 Å². The summed E-state index contributed by atoms with van der Waals surface area (Å²) in [7, 11) is 0. The van der Waals surface area contributed by atoms with Crippen molar-refractivity contribution in [2.75, 3.05) is 19.6 Å². The molecule has 0 saturated carbocycles. The molecule has 2 rings (SSSR count). The molecule has 1 aliphatic rings. The monoisotopic (exact) mass is 251 g/mol. The second-order valence-corrected chi connectivity index (χ2v) is 6.80. The zero-order valence-corrected chi connectivity index (χ0v) is 12.0. The highest BCUT2D eigenvalue weighted by atomic mass is 15.4. The van der Waals surface area contributed by atoms with E-state index in [0.717, 1.165) is 31.9 Å². The maximum absolute atomic E-state index is 5.83. The van der Waals surface area contributed by atoms with E-state index in [9.17, 15) is 0 Å². The van der Waals surface area contributed by atoms with Gasteiger partial charge in [0.2, 0.25) is 0 Å². The van der Waals surface area contributed by atoms with Gasteiger partial charge in [-0.1, -0.05) is 12.1 Å². The molecule has 0 radical (unpaired) electrons. The third-order valence-electron chi connectivity index (χ3n) is 3.74. The molecule has 0 amide bonds. The van der Waals surface area contributed by atoms with Gasteiger partial charge in [0.05, 0.1) is 17.4 Å². The number of hydrogen-bond acceptors (Lipinski definition) is 4. The predicted octanol–water partition coefficient (Wildman–Crippen LogP) is 1.20. The molecule has 2 heterocycles. The Labute approximate surface area is 109 Å². The fraction of sp³-hybridized carbons (Fsp3) is 0.846. The van der Waals surface area contributed by atoms with E-state index in [1.165, 1.54) is 6.42 Å². The summed E-state index contributed by atoms with van der Waals surface area (Å²) < 4.78 is 1.93. The lowest BCUT2D eigenvalue weighted by Gasteiger charge is -2.22. The SMILES string of the molecule is CC1(CN)CCN(Cc2cn(C(C)(C)C)nn2)C1. The lowest BCUT2D eigenvalue weighted by Crippen LogP contribution is -2.31. The normalized spacial score (nSPS) is 25.8. The van der Waals surface area contributed by atoms with Gasteiger partial charge in [-0.15, -0.1) is 5.10 Å². The third-order valence-corrected chi connectivity index (χ3v) is 3.74. The van der Waals surface area contributed by atoms with Gasteiger partial charge in [0.25, 0.3) is 0 Å². The largest absolute Gasteiger partial charge is 0.330 e. The van der Waals surface area contributed by atoms with Crippen LogP contribution in [0.1, 0.15) is 39.8 Å². The predicted molar refractivity (Wildman–Crippen MR) is 72.1 cm³/mol. The van der Waals surface area contributed by atoms with Crippen molar-refractivity contribution >= 4 is 0 Å². The second kappa shape index (κ2) is 4.63. The van der Waals surface area contributed by atoms with E-state index in [1.807, 2.05) is 4.68 Å². The first-order chi connectivity index (χ1) is 8.32. The topological polar surface area (TPSA) is 60.0 Å². The van der Waals surface area contributed by atoms with Crippen molar-refractivity contribution in [2.24, 2.45) is 11.1 Å². The van der Waals surface area contributed by atoms with E-state index < -0.39 is 0 Å². The molecule has 102 valence electrons. The number of aromatic nitrogens is 3. The third kappa shape index (κ3) is 2.90. The van der Waals surface area contributed by atoms with Crippen LogP contribution in [-0.4, -0.2) is 39.5 Å². The van der Waals surface area contributed by atoms with Crippen molar-refractivity contribution in [1.29, 1.82) is 0 Å². The van der Waals surface area contributed by atoms with Gasteiger partial charge in [-0.2, -0.15) is 0 Å². The summed E-state index contributed by atoms with van der Waals surface area (Å²) in [6.45, 7) is 12.5. The molecule has 1 aliphatic heterocycles. The fourth-order valence-electron chi connectivity index (χ4n) is 2.36. The summed E-state index contributed by atoms with van der Waals surface area (Å²) in [6, 6.07) is 0. The van der Waals surface area contributed by atoms with E-state index in [0.29, 0.717) is 0 Å². The lowest BCUT2D eigenvalue weighted by molar-refractivity contribution is 0.272. The molecule has 0 bridgehead atoms. The van der Waals surface area contributed by atoms with E-state index in [4.69, 9.17) is 5.73 Å². The second-order valence-electron chi connectivity index (χ2n) is 6.80. The maximum atomic E-state index is 5.83. The summed E-state index contributed by atoms with van der Waals surface area (Å²) in [5, 5.41) is 8.46. The zero-order valence-electron chi connectivity index (χ0n) is 12.0. The van der Waals surface area contributed by atoms with Crippen LogP contribution < -0.4 is 5.73 Å². The van der Waals surface area contributed by atoms with Crippen LogP contribution in [0.15, 0.2) is 6.20 Å². The van der Waals surface area contributed by atoms with Crippen LogP contribution in [0.5, 0.6) is 0 Å². The Hall–Kier alpha value is -0.940. The standard InChI is InChI=1S/C13H25N5/c1-12(2,3)18-8-11(15-16-18)7-17-6-5-13(4,9-14)10-17/h8H,5-7,9-10,14H2,1-4H3. The molecule has 1 aromatic rings. The number of rotatable bonds is 3. The molecule has 1 fully saturated rings. The smallest absolute Gasteiger partial charge is 0.0967 e. The van der Waals surface area contributed by atoms with Crippen molar-refractivity contribution < 1.29 is 0 Å². The number of hydrogen-bond donors (Lipinski definition) is 1. The summed E-state index contributed by atoms with van der Waals surface area (Å²) in [6.07, 6.45) is 3.23. The van der Waals surface area contributed by atoms with Crippen LogP contribution in [0.4, 0.5) is 0 Å². The first-order valence-corrected chi connectivity index (χ1v) is 6.67. The first kappa shape index (κ1) is 13.5. The van der Waals surface area contributed by atoms with Crippen LogP contribution in [-0.2, 0) is 12.1 Å². The summed E-state index contributed by atoms with van der Waals surface area (Å²) in [5.41, 5.74) is 7.15. The van der Waals surface area contributed by atoms with E-state index in [2.05, 4.69) is 49.1 Å². The Kier molecular flexibility index (Phi) is 3.47. The molecular weight excluding hydrogens is 226 g/mol. The van der Waals surface area contributed by atoms with Gasteiger partial charge >= 0.3 is 0 Å². The van der Waals surface area contributed by atoms with Gasteiger partial charge in [0, 0.05) is 13.1 Å². The fourth-order valence-corrected chi connectivity index (χ4v) is 2.36. The van der Waals surface area contributed by atoms with Crippen LogP contribution in [0.2, 0.25) is 0 Å². The minimum Gasteiger partial charge on any atom is -0.330 e. The summed E-state index contributed by atoms with van der Waals surface area (Å²) in [5.74, 6) is 0. The number of nitrogens with zero attached hydrogens (tertiary/aromatic N) is 4. The van der Waals surface area contributed by atoms with Gasteiger partial charge in [-0.05, 0) is 45.7 Å². The molecule has 1 atom stereocenters. The summed E-state index contributed by atoms with van der Waals surface area (Å²) >= 11 is 0. The average Bonchev–Trinajstić information content (AvgIpc) is 2.86. The molecule has 1 saturated heterocycles. The summed E-state index contributed by atoms with van der Waals surface area (Å²) in [4.78, 5) is 2.42. The highest BCUT2D eigenvalue weighted by Crippen LogP contribution is 2.29. The van der Waals surface area contributed by atoms with E-state index in [1.54, 1.807) is 0 Å². The molecule has 2 N–H and O–H groups in total. The van der Waals surface area contributed by atoms with Gasteiger partial charge in [0.1, 0.15) is 0 Å². The first-order valence-electron chi connectivity index (χ1n) is 6.67. The van der Waals surface area contributed by atoms with Crippen molar-refractivity contribution in [1.82, 2.24) is 19.9 Å². The minimum absolute atomic E-state index is 0.00202. The molecule has 0 aromatic carbocycles. The van der Waals surface area contributed by atoms with Crippen LogP contribution in [0, 0.1) is 5.41 Å².